The van der Waals surface area contributed by atoms with E-state index in [1.54, 1.807) is 0 Å². The lowest BCUT2D eigenvalue weighted by Gasteiger charge is -2.18. The van der Waals surface area contributed by atoms with E-state index >= 15 is 0 Å². The molecule has 0 aromatic heterocycles. The van der Waals surface area contributed by atoms with Crippen molar-refractivity contribution in [3.63, 3.8) is 0 Å². The molecule has 0 aromatic rings. The minimum Gasteiger partial charge on any atom is -0.356 e. The molecule has 3 heteroatoms. The van der Waals surface area contributed by atoms with E-state index in [0.717, 1.165) is 45.1 Å². The Labute approximate surface area is 107 Å². The van der Waals surface area contributed by atoms with Gasteiger partial charge >= 0.3 is 0 Å². The summed E-state index contributed by atoms with van der Waals surface area (Å²) in [5.74, 6) is 0.967. The smallest absolute Gasteiger partial charge is 0.223 e. The van der Waals surface area contributed by atoms with Crippen molar-refractivity contribution >= 4 is 5.91 Å². The molecule has 0 saturated heterocycles. The monoisotopic (exact) mass is 242 g/mol. The van der Waals surface area contributed by atoms with Gasteiger partial charge in [-0.2, -0.15) is 0 Å². The van der Waals surface area contributed by atoms with Crippen molar-refractivity contribution in [2.75, 3.05) is 13.1 Å². The highest BCUT2D eigenvalue weighted by Gasteiger charge is 2.16. The minimum absolute atomic E-state index is 0.199. The molecule has 1 amide bonds. The molecule has 0 radical (unpaired) electrons. The fourth-order valence-corrected chi connectivity index (χ4v) is 2.05. The topological polar surface area (TPSA) is 55.1 Å². The van der Waals surface area contributed by atoms with Gasteiger partial charge in [0.2, 0.25) is 5.91 Å². The van der Waals surface area contributed by atoms with Crippen LogP contribution in [0.15, 0.2) is 0 Å². The second-order valence-corrected chi connectivity index (χ2v) is 4.84. The average molecular weight is 242 g/mol. The Morgan fingerprint density at radius 1 is 1.18 bits per heavy atom. The highest BCUT2D eigenvalue weighted by molar-refractivity contribution is 5.78. The van der Waals surface area contributed by atoms with Crippen LogP contribution >= 0.6 is 0 Å². The summed E-state index contributed by atoms with van der Waals surface area (Å²) in [6, 6.07) is 0. The van der Waals surface area contributed by atoms with Crippen molar-refractivity contribution in [3.05, 3.63) is 0 Å². The molecule has 0 aliphatic heterocycles. The van der Waals surface area contributed by atoms with Crippen LogP contribution in [0, 0.1) is 11.8 Å². The van der Waals surface area contributed by atoms with E-state index in [4.69, 9.17) is 5.73 Å². The molecule has 3 N–H and O–H groups in total. The van der Waals surface area contributed by atoms with Crippen molar-refractivity contribution in [1.82, 2.24) is 5.32 Å². The predicted octanol–water partition coefficient (Wildman–Crippen LogP) is 2.69. The summed E-state index contributed by atoms with van der Waals surface area (Å²) in [5.41, 5.74) is 5.55. The Morgan fingerprint density at radius 3 is 2.35 bits per heavy atom. The summed E-state index contributed by atoms with van der Waals surface area (Å²) in [4.78, 5) is 12.0. The third-order valence-electron chi connectivity index (χ3n) is 3.49. The van der Waals surface area contributed by atoms with Gasteiger partial charge in [0, 0.05) is 12.5 Å². The van der Waals surface area contributed by atoms with Crippen molar-refractivity contribution in [2.24, 2.45) is 17.6 Å². The van der Waals surface area contributed by atoms with Gasteiger partial charge in [-0.15, -0.1) is 0 Å². The van der Waals surface area contributed by atoms with Gasteiger partial charge in [0.15, 0.2) is 0 Å². The van der Waals surface area contributed by atoms with Crippen LogP contribution in [0.1, 0.15) is 59.3 Å². The van der Waals surface area contributed by atoms with E-state index < -0.39 is 0 Å². The Balaban J connectivity index is 3.95. The highest BCUT2D eigenvalue weighted by atomic mass is 16.1. The van der Waals surface area contributed by atoms with Gasteiger partial charge in [0.1, 0.15) is 0 Å². The highest BCUT2D eigenvalue weighted by Crippen LogP contribution is 2.13. The van der Waals surface area contributed by atoms with Crippen molar-refractivity contribution in [3.8, 4) is 0 Å². The van der Waals surface area contributed by atoms with E-state index in [0.29, 0.717) is 12.5 Å². The minimum atomic E-state index is 0.199. The van der Waals surface area contributed by atoms with E-state index in [1.165, 1.54) is 0 Å². The number of carbonyl (C=O) groups is 1. The van der Waals surface area contributed by atoms with Gasteiger partial charge in [-0.05, 0) is 31.7 Å². The number of unbranched alkanes of at least 4 members (excludes halogenated alkanes) is 1. The zero-order valence-corrected chi connectivity index (χ0v) is 11.8. The van der Waals surface area contributed by atoms with Crippen LogP contribution in [0.4, 0.5) is 0 Å². The SMILES string of the molecule is CCCCC(CC)C(=O)NCC(CC)CCN. The van der Waals surface area contributed by atoms with Gasteiger partial charge in [0.05, 0.1) is 0 Å². The van der Waals surface area contributed by atoms with Crippen LogP contribution in [-0.2, 0) is 4.79 Å². The van der Waals surface area contributed by atoms with Crippen LogP contribution in [0.25, 0.3) is 0 Å². The predicted molar refractivity (Wildman–Crippen MR) is 73.8 cm³/mol. The number of hydrogen-bond donors (Lipinski definition) is 2. The quantitative estimate of drug-likeness (QED) is 0.619. The first-order valence-electron chi connectivity index (χ1n) is 7.17. The molecule has 0 saturated carbocycles. The summed E-state index contributed by atoms with van der Waals surface area (Å²) in [6.07, 6.45) is 6.36. The molecule has 0 spiro atoms. The van der Waals surface area contributed by atoms with E-state index in [9.17, 15) is 4.79 Å². The van der Waals surface area contributed by atoms with Crippen LogP contribution in [-0.4, -0.2) is 19.0 Å². The number of amides is 1. The van der Waals surface area contributed by atoms with Gasteiger partial charge in [-0.3, -0.25) is 4.79 Å². The number of nitrogens with two attached hydrogens (primary N) is 1. The van der Waals surface area contributed by atoms with Crippen molar-refractivity contribution < 1.29 is 4.79 Å². The summed E-state index contributed by atoms with van der Waals surface area (Å²) < 4.78 is 0. The third-order valence-corrected chi connectivity index (χ3v) is 3.49. The third kappa shape index (κ3) is 7.37. The molecule has 0 rings (SSSR count). The molecule has 0 aliphatic rings. The lowest BCUT2D eigenvalue weighted by Crippen LogP contribution is -2.34. The Morgan fingerprint density at radius 2 is 1.88 bits per heavy atom. The first-order valence-corrected chi connectivity index (χ1v) is 7.17. The molecule has 17 heavy (non-hydrogen) atoms. The summed E-state index contributed by atoms with van der Waals surface area (Å²) in [5, 5.41) is 3.08. The van der Waals surface area contributed by atoms with Crippen LogP contribution in [0.5, 0.6) is 0 Å². The van der Waals surface area contributed by atoms with Gasteiger partial charge in [-0.1, -0.05) is 40.0 Å². The average Bonchev–Trinajstić information content (AvgIpc) is 2.35. The van der Waals surface area contributed by atoms with Crippen molar-refractivity contribution in [2.45, 2.75) is 59.3 Å². The maximum absolute atomic E-state index is 12.0. The first kappa shape index (κ1) is 16.4. The summed E-state index contributed by atoms with van der Waals surface area (Å²) >= 11 is 0. The van der Waals surface area contributed by atoms with Crippen LogP contribution < -0.4 is 11.1 Å². The molecule has 102 valence electrons. The first-order chi connectivity index (χ1) is 8.19. The zero-order chi connectivity index (χ0) is 13.1. The molecule has 0 aliphatic carbocycles. The summed E-state index contributed by atoms with van der Waals surface area (Å²) in [6.45, 7) is 7.91. The summed E-state index contributed by atoms with van der Waals surface area (Å²) in [7, 11) is 0. The number of rotatable bonds is 10. The lowest BCUT2D eigenvalue weighted by molar-refractivity contribution is -0.125. The second-order valence-electron chi connectivity index (χ2n) is 4.84. The molecule has 2 unspecified atom stereocenters. The largest absolute Gasteiger partial charge is 0.356 e. The van der Waals surface area contributed by atoms with E-state index in [2.05, 4.69) is 26.1 Å². The fourth-order valence-electron chi connectivity index (χ4n) is 2.05. The lowest BCUT2D eigenvalue weighted by atomic mass is 9.97. The maximum atomic E-state index is 12.0. The second kappa shape index (κ2) is 10.6. The Hall–Kier alpha value is -0.570. The van der Waals surface area contributed by atoms with E-state index in [1.807, 2.05) is 0 Å². The molecular weight excluding hydrogens is 212 g/mol. The normalized spacial score (nSPS) is 14.4. The van der Waals surface area contributed by atoms with Crippen LogP contribution in [0.3, 0.4) is 0 Å². The molecular formula is C14H30N2O. The maximum Gasteiger partial charge on any atom is 0.223 e. The van der Waals surface area contributed by atoms with E-state index in [-0.39, 0.29) is 11.8 Å². The number of hydrogen-bond acceptors (Lipinski definition) is 2. The molecule has 0 bridgehead atoms. The zero-order valence-electron chi connectivity index (χ0n) is 11.8. The number of carbonyl (C=O) groups excluding carboxylic acids is 1. The fraction of sp³-hybridized carbons (Fsp3) is 0.929. The molecule has 0 aromatic carbocycles. The molecule has 0 fully saturated rings. The van der Waals surface area contributed by atoms with Crippen LogP contribution in [0.2, 0.25) is 0 Å². The van der Waals surface area contributed by atoms with Crippen molar-refractivity contribution in [1.29, 1.82) is 0 Å². The number of nitrogens with one attached hydrogen (secondary N) is 1. The van der Waals surface area contributed by atoms with Gasteiger partial charge in [-0.25, -0.2) is 0 Å². The van der Waals surface area contributed by atoms with Gasteiger partial charge in [0.25, 0.3) is 0 Å². The molecule has 0 heterocycles. The molecule has 2 atom stereocenters. The Bertz CT molecular complexity index is 195. The standard InChI is InChI=1S/C14H30N2O/c1-4-7-8-13(6-3)14(17)16-11-12(5-2)9-10-15/h12-13H,4-11,15H2,1-3H3,(H,16,17). The Kier molecular flexibility index (Phi) is 10.2. The molecule has 3 nitrogen and oxygen atoms in total. The van der Waals surface area contributed by atoms with Gasteiger partial charge < -0.3 is 11.1 Å².